The first-order valence-electron chi connectivity index (χ1n) is 10.3. The van der Waals surface area contributed by atoms with Gasteiger partial charge in [-0.05, 0) is 54.5 Å². The van der Waals surface area contributed by atoms with E-state index in [0.29, 0.717) is 16.3 Å². The Morgan fingerprint density at radius 2 is 1.53 bits per heavy atom. The number of allylic oxidation sites excluding steroid dienone is 1. The third kappa shape index (κ3) is 3.68. The first kappa shape index (κ1) is 20.1. The van der Waals surface area contributed by atoms with Gasteiger partial charge in [0.15, 0.2) is 5.78 Å². The molecule has 0 spiro atoms. The number of nitrogens with zero attached hydrogens (tertiary/aromatic N) is 2. The number of aryl methyl sites for hydroxylation is 1. The molecule has 0 radical (unpaired) electrons. The number of fused-ring (bicyclic) bond motifs is 2. The molecule has 5 rings (SSSR count). The summed E-state index contributed by atoms with van der Waals surface area (Å²) >= 11 is 6.12. The van der Waals surface area contributed by atoms with Gasteiger partial charge >= 0.3 is 0 Å². The molecule has 0 unspecified atom stereocenters. The standard InChI is InChI=1S/C28H19ClN2O/c1-18-27(26(32)15-12-19-16-17-30-24-8-4-2-6-22(19)24)28(20-10-13-21(29)14-11-20)23-7-3-5-9-25(23)31-18/h2-17H,1H3. The van der Waals surface area contributed by atoms with Gasteiger partial charge in [0.25, 0.3) is 0 Å². The zero-order valence-electron chi connectivity index (χ0n) is 17.4. The maximum atomic E-state index is 13.5. The molecule has 3 aromatic carbocycles. The molecule has 154 valence electrons. The molecule has 0 N–H and O–H groups in total. The van der Waals surface area contributed by atoms with Crippen LogP contribution in [0.1, 0.15) is 21.6 Å². The molecule has 0 fully saturated rings. The maximum Gasteiger partial charge on any atom is 0.188 e. The van der Waals surface area contributed by atoms with Crippen molar-refractivity contribution >= 4 is 45.3 Å². The SMILES string of the molecule is Cc1nc2ccccc2c(-c2ccc(Cl)cc2)c1C(=O)C=Cc1ccnc2ccccc12. The van der Waals surface area contributed by atoms with Crippen molar-refractivity contribution in [2.45, 2.75) is 6.92 Å². The van der Waals surface area contributed by atoms with E-state index in [1.807, 2.05) is 91.9 Å². The van der Waals surface area contributed by atoms with Gasteiger partial charge in [-0.3, -0.25) is 14.8 Å². The number of ketones is 1. The molecule has 0 bridgehead atoms. The first-order chi connectivity index (χ1) is 15.6. The van der Waals surface area contributed by atoms with Crippen LogP contribution in [0.15, 0.2) is 91.1 Å². The van der Waals surface area contributed by atoms with Gasteiger partial charge in [-0.25, -0.2) is 0 Å². The Kier molecular flexibility index (Phi) is 5.26. The van der Waals surface area contributed by atoms with Gasteiger partial charge in [-0.1, -0.05) is 66.2 Å². The highest BCUT2D eigenvalue weighted by Crippen LogP contribution is 2.34. The highest BCUT2D eigenvalue weighted by Gasteiger charge is 2.19. The van der Waals surface area contributed by atoms with Crippen LogP contribution in [-0.2, 0) is 0 Å². The van der Waals surface area contributed by atoms with E-state index in [9.17, 15) is 4.79 Å². The van der Waals surface area contributed by atoms with Crippen LogP contribution in [0.3, 0.4) is 0 Å². The van der Waals surface area contributed by atoms with Crippen molar-refractivity contribution in [3.63, 3.8) is 0 Å². The summed E-state index contributed by atoms with van der Waals surface area (Å²) in [5.74, 6) is -0.0911. The number of carbonyl (C=O) groups is 1. The number of carbonyl (C=O) groups excluding carboxylic acids is 1. The number of halogens is 1. The van der Waals surface area contributed by atoms with E-state index in [-0.39, 0.29) is 5.78 Å². The van der Waals surface area contributed by atoms with Crippen LogP contribution in [0.4, 0.5) is 0 Å². The van der Waals surface area contributed by atoms with E-state index < -0.39 is 0 Å². The molecule has 0 atom stereocenters. The normalized spacial score (nSPS) is 11.4. The van der Waals surface area contributed by atoms with Crippen LogP contribution >= 0.6 is 11.6 Å². The largest absolute Gasteiger partial charge is 0.289 e. The lowest BCUT2D eigenvalue weighted by Gasteiger charge is -2.14. The van der Waals surface area contributed by atoms with Gasteiger partial charge in [0.1, 0.15) is 0 Å². The molecule has 0 saturated heterocycles. The summed E-state index contributed by atoms with van der Waals surface area (Å²) in [7, 11) is 0. The van der Waals surface area contributed by atoms with Crippen LogP contribution in [-0.4, -0.2) is 15.8 Å². The zero-order valence-corrected chi connectivity index (χ0v) is 18.2. The van der Waals surface area contributed by atoms with Gasteiger partial charge in [-0.15, -0.1) is 0 Å². The average Bonchev–Trinajstić information content (AvgIpc) is 2.82. The predicted octanol–water partition coefficient (Wildman–Crippen LogP) is 7.31. The Balaban J connectivity index is 1.67. The molecule has 0 saturated carbocycles. The number of pyridine rings is 2. The second-order valence-corrected chi connectivity index (χ2v) is 8.02. The summed E-state index contributed by atoms with van der Waals surface area (Å²) < 4.78 is 0. The molecule has 2 aromatic heterocycles. The lowest BCUT2D eigenvalue weighted by molar-refractivity contribution is 0.104. The minimum atomic E-state index is -0.0911. The summed E-state index contributed by atoms with van der Waals surface area (Å²) in [6.45, 7) is 1.88. The van der Waals surface area contributed by atoms with Crippen LogP contribution in [0.5, 0.6) is 0 Å². The van der Waals surface area contributed by atoms with Crippen LogP contribution in [0.25, 0.3) is 39.0 Å². The highest BCUT2D eigenvalue weighted by molar-refractivity contribution is 6.30. The van der Waals surface area contributed by atoms with E-state index in [0.717, 1.165) is 38.5 Å². The van der Waals surface area contributed by atoms with Gasteiger partial charge < -0.3 is 0 Å². The van der Waals surface area contributed by atoms with Crippen LogP contribution in [0.2, 0.25) is 5.02 Å². The summed E-state index contributed by atoms with van der Waals surface area (Å²) in [6.07, 6.45) is 5.24. The molecule has 0 aliphatic carbocycles. The first-order valence-corrected chi connectivity index (χ1v) is 10.7. The van der Waals surface area contributed by atoms with Crippen molar-refractivity contribution in [2.75, 3.05) is 0 Å². The quantitative estimate of drug-likeness (QED) is 0.220. The number of rotatable bonds is 4. The van der Waals surface area contributed by atoms with Gasteiger partial charge in [0.2, 0.25) is 0 Å². The fourth-order valence-electron chi connectivity index (χ4n) is 4.06. The Morgan fingerprint density at radius 3 is 2.31 bits per heavy atom. The lowest BCUT2D eigenvalue weighted by Crippen LogP contribution is -2.05. The molecule has 3 nitrogen and oxygen atoms in total. The number of benzene rings is 3. The smallest absolute Gasteiger partial charge is 0.188 e. The van der Waals surface area contributed by atoms with Crippen molar-refractivity contribution in [2.24, 2.45) is 0 Å². The fourth-order valence-corrected chi connectivity index (χ4v) is 4.19. The number of para-hydroxylation sites is 2. The van der Waals surface area contributed by atoms with Crippen LogP contribution in [0, 0.1) is 6.92 Å². The molecule has 2 heterocycles. The topological polar surface area (TPSA) is 42.9 Å². The molecule has 0 aliphatic heterocycles. The number of aromatic nitrogens is 2. The highest BCUT2D eigenvalue weighted by atomic mass is 35.5. The second kappa shape index (κ2) is 8.37. The van der Waals surface area contributed by atoms with Gasteiger partial charge in [-0.2, -0.15) is 0 Å². The molecular formula is C28H19ClN2O. The summed E-state index contributed by atoms with van der Waals surface area (Å²) in [5.41, 5.74) is 5.80. The molecule has 0 aliphatic rings. The molecule has 0 amide bonds. The molecule has 32 heavy (non-hydrogen) atoms. The summed E-state index contributed by atoms with van der Waals surface area (Å²) in [4.78, 5) is 22.6. The summed E-state index contributed by atoms with van der Waals surface area (Å²) in [5, 5.41) is 2.60. The minimum absolute atomic E-state index is 0.0911. The number of hydrogen-bond acceptors (Lipinski definition) is 3. The Hall–Kier alpha value is -3.82. The van der Waals surface area contributed by atoms with E-state index in [1.54, 1.807) is 12.3 Å². The van der Waals surface area contributed by atoms with Crippen molar-refractivity contribution in [3.8, 4) is 11.1 Å². The van der Waals surface area contributed by atoms with Crippen molar-refractivity contribution in [3.05, 3.63) is 113 Å². The Labute approximate surface area is 191 Å². The molecule has 5 aromatic rings. The van der Waals surface area contributed by atoms with E-state index >= 15 is 0 Å². The van der Waals surface area contributed by atoms with Crippen LogP contribution < -0.4 is 0 Å². The predicted molar refractivity (Wildman–Crippen MR) is 132 cm³/mol. The van der Waals surface area contributed by atoms with E-state index in [1.165, 1.54) is 0 Å². The third-order valence-corrected chi connectivity index (χ3v) is 5.80. The maximum absolute atomic E-state index is 13.5. The zero-order chi connectivity index (χ0) is 22.1. The van der Waals surface area contributed by atoms with Crippen molar-refractivity contribution in [1.82, 2.24) is 9.97 Å². The molecule has 4 heteroatoms. The van der Waals surface area contributed by atoms with Gasteiger partial charge in [0.05, 0.1) is 16.6 Å². The van der Waals surface area contributed by atoms with Crippen molar-refractivity contribution < 1.29 is 4.79 Å². The van der Waals surface area contributed by atoms with Gasteiger partial charge in [0, 0.05) is 33.2 Å². The second-order valence-electron chi connectivity index (χ2n) is 7.59. The Bertz CT molecular complexity index is 1500. The fraction of sp³-hybridized carbons (Fsp3) is 0.0357. The van der Waals surface area contributed by atoms with E-state index in [2.05, 4.69) is 4.98 Å². The monoisotopic (exact) mass is 434 g/mol. The summed E-state index contributed by atoms with van der Waals surface area (Å²) in [6, 6.07) is 25.3. The van der Waals surface area contributed by atoms with Crippen molar-refractivity contribution in [1.29, 1.82) is 0 Å². The van der Waals surface area contributed by atoms with E-state index in [4.69, 9.17) is 16.6 Å². The Morgan fingerprint density at radius 1 is 0.844 bits per heavy atom. The minimum Gasteiger partial charge on any atom is -0.289 e. The molecular weight excluding hydrogens is 416 g/mol. The third-order valence-electron chi connectivity index (χ3n) is 5.55. The average molecular weight is 435 g/mol. The lowest BCUT2D eigenvalue weighted by atomic mass is 9.92. The number of hydrogen-bond donors (Lipinski definition) is 0.